The van der Waals surface area contributed by atoms with Gasteiger partial charge in [0.1, 0.15) is 5.75 Å². The van der Waals surface area contributed by atoms with Crippen LogP contribution in [0.2, 0.25) is 0 Å². The molecular weight excluding hydrogens is 296 g/mol. The van der Waals surface area contributed by atoms with Crippen LogP contribution in [0.1, 0.15) is 101 Å². The highest BCUT2D eigenvalue weighted by Crippen LogP contribution is 2.14. The molecule has 0 N–H and O–H groups in total. The summed E-state index contributed by atoms with van der Waals surface area (Å²) in [5.41, 5.74) is 0.743. The second-order valence-electron chi connectivity index (χ2n) is 6.82. The molecule has 0 saturated carbocycles. The summed E-state index contributed by atoms with van der Waals surface area (Å²) in [6, 6.07) is 7.44. The van der Waals surface area contributed by atoms with Crippen molar-refractivity contribution in [2.75, 3.05) is 6.61 Å². The first-order valence-electron chi connectivity index (χ1n) is 9.98. The summed E-state index contributed by atoms with van der Waals surface area (Å²) in [6.45, 7) is 4.63. The SMILES string of the molecule is CCCCCCCCCCCCCCOc1ccc(C(C)=O)cc1. The fourth-order valence-corrected chi connectivity index (χ4v) is 2.92. The number of hydrogen-bond acceptors (Lipinski definition) is 2. The van der Waals surface area contributed by atoms with Gasteiger partial charge < -0.3 is 4.74 Å². The number of unbranched alkanes of at least 4 members (excludes halogenated alkanes) is 11. The Morgan fingerprint density at radius 3 is 1.67 bits per heavy atom. The zero-order chi connectivity index (χ0) is 17.5. The quantitative estimate of drug-likeness (QED) is 0.256. The summed E-state index contributed by atoms with van der Waals surface area (Å²) < 4.78 is 5.72. The van der Waals surface area contributed by atoms with E-state index in [2.05, 4.69) is 6.92 Å². The molecule has 0 aliphatic carbocycles. The lowest BCUT2D eigenvalue weighted by Crippen LogP contribution is -1.98. The van der Waals surface area contributed by atoms with E-state index in [4.69, 9.17) is 4.74 Å². The molecule has 0 bridgehead atoms. The fraction of sp³-hybridized carbons (Fsp3) is 0.682. The Balaban J connectivity index is 1.87. The zero-order valence-corrected chi connectivity index (χ0v) is 15.8. The van der Waals surface area contributed by atoms with Crippen LogP contribution in [0.5, 0.6) is 5.75 Å². The van der Waals surface area contributed by atoms with E-state index in [-0.39, 0.29) is 5.78 Å². The number of rotatable bonds is 15. The molecule has 0 radical (unpaired) electrons. The van der Waals surface area contributed by atoms with Gasteiger partial charge in [0.2, 0.25) is 0 Å². The maximum Gasteiger partial charge on any atom is 0.159 e. The van der Waals surface area contributed by atoms with Crippen LogP contribution in [0, 0.1) is 0 Å². The molecule has 0 amide bonds. The number of ketones is 1. The van der Waals surface area contributed by atoms with Crippen LogP contribution >= 0.6 is 0 Å². The Labute approximate surface area is 149 Å². The minimum absolute atomic E-state index is 0.0995. The average molecular weight is 333 g/mol. The Bertz CT molecular complexity index is 422. The average Bonchev–Trinajstić information content (AvgIpc) is 2.59. The summed E-state index contributed by atoms with van der Waals surface area (Å²) in [5, 5.41) is 0. The molecule has 2 nitrogen and oxygen atoms in total. The second kappa shape index (κ2) is 14.1. The number of hydrogen-bond donors (Lipinski definition) is 0. The van der Waals surface area contributed by atoms with E-state index in [1.54, 1.807) is 6.92 Å². The van der Waals surface area contributed by atoms with Gasteiger partial charge in [0.25, 0.3) is 0 Å². The van der Waals surface area contributed by atoms with Crippen molar-refractivity contribution >= 4 is 5.78 Å². The van der Waals surface area contributed by atoms with Crippen molar-refractivity contribution in [3.8, 4) is 5.75 Å². The molecule has 0 fully saturated rings. The molecule has 1 rings (SSSR count). The highest BCUT2D eigenvalue weighted by atomic mass is 16.5. The van der Waals surface area contributed by atoms with Crippen LogP contribution < -0.4 is 4.74 Å². The smallest absolute Gasteiger partial charge is 0.159 e. The fourth-order valence-electron chi connectivity index (χ4n) is 2.92. The molecule has 0 aromatic heterocycles. The molecule has 1 aromatic carbocycles. The Hall–Kier alpha value is -1.31. The first-order valence-corrected chi connectivity index (χ1v) is 9.98. The largest absolute Gasteiger partial charge is 0.494 e. The Kier molecular flexibility index (Phi) is 12.2. The second-order valence-corrected chi connectivity index (χ2v) is 6.82. The Morgan fingerprint density at radius 2 is 1.21 bits per heavy atom. The van der Waals surface area contributed by atoms with Crippen molar-refractivity contribution in [1.29, 1.82) is 0 Å². The molecule has 0 aliphatic rings. The van der Waals surface area contributed by atoms with Gasteiger partial charge in [0, 0.05) is 5.56 Å². The van der Waals surface area contributed by atoms with Crippen LogP contribution in [-0.2, 0) is 0 Å². The summed E-state index contributed by atoms with van der Waals surface area (Å²) in [5.74, 6) is 0.964. The van der Waals surface area contributed by atoms with Crippen molar-refractivity contribution in [2.24, 2.45) is 0 Å². The third-order valence-electron chi connectivity index (χ3n) is 4.53. The molecular formula is C22H36O2. The van der Waals surface area contributed by atoms with Crippen molar-refractivity contribution in [3.05, 3.63) is 29.8 Å². The summed E-state index contributed by atoms with van der Waals surface area (Å²) >= 11 is 0. The molecule has 0 saturated heterocycles. The third-order valence-corrected chi connectivity index (χ3v) is 4.53. The van der Waals surface area contributed by atoms with Gasteiger partial charge in [0.05, 0.1) is 6.61 Å². The first-order chi connectivity index (χ1) is 11.7. The topological polar surface area (TPSA) is 26.3 Å². The van der Waals surface area contributed by atoms with Crippen LogP contribution in [-0.4, -0.2) is 12.4 Å². The number of Topliss-reactive ketones (excluding diaryl/α,β-unsaturated/α-hetero) is 1. The summed E-state index contributed by atoms with van der Waals surface area (Å²) in [4.78, 5) is 11.2. The minimum atomic E-state index is 0.0995. The van der Waals surface area contributed by atoms with Gasteiger partial charge in [-0.2, -0.15) is 0 Å². The number of ether oxygens (including phenoxy) is 1. The highest BCUT2D eigenvalue weighted by molar-refractivity contribution is 5.94. The molecule has 136 valence electrons. The van der Waals surface area contributed by atoms with E-state index in [1.807, 2.05) is 24.3 Å². The van der Waals surface area contributed by atoms with Gasteiger partial charge in [0.15, 0.2) is 5.78 Å². The molecule has 1 aromatic rings. The molecule has 2 heteroatoms. The maximum absolute atomic E-state index is 11.2. The maximum atomic E-state index is 11.2. The monoisotopic (exact) mass is 332 g/mol. The molecule has 24 heavy (non-hydrogen) atoms. The van der Waals surface area contributed by atoms with Gasteiger partial charge >= 0.3 is 0 Å². The van der Waals surface area contributed by atoms with Crippen LogP contribution in [0.15, 0.2) is 24.3 Å². The normalized spacial score (nSPS) is 10.8. The van der Waals surface area contributed by atoms with Crippen LogP contribution in [0.4, 0.5) is 0 Å². The van der Waals surface area contributed by atoms with E-state index in [0.717, 1.165) is 24.3 Å². The van der Waals surface area contributed by atoms with E-state index < -0.39 is 0 Å². The molecule has 0 atom stereocenters. The van der Waals surface area contributed by atoms with Crippen molar-refractivity contribution in [2.45, 2.75) is 90.9 Å². The van der Waals surface area contributed by atoms with Crippen molar-refractivity contribution < 1.29 is 9.53 Å². The van der Waals surface area contributed by atoms with Gasteiger partial charge in [-0.05, 0) is 37.6 Å². The molecule has 0 unspecified atom stereocenters. The molecule has 0 spiro atoms. The summed E-state index contributed by atoms with van der Waals surface area (Å²) in [7, 11) is 0. The van der Waals surface area contributed by atoms with Crippen molar-refractivity contribution in [1.82, 2.24) is 0 Å². The standard InChI is InChI=1S/C22H36O2/c1-3-4-5-6-7-8-9-10-11-12-13-14-19-24-22-17-15-21(16-18-22)20(2)23/h15-18H,3-14,19H2,1-2H3. The van der Waals surface area contributed by atoms with Crippen LogP contribution in [0.25, 0.3) is 0 Å². The number of carbonyl (C=O) groups excluding carboxylic acids is 1. The van der Waals surface area contributed by atoms with Gasteiger partial charge in [-0.1, -0.05) is 77.6 Å². The molecule has 0 heterocycles. The van der Waals surface area contributed by atoms with E-state index in [0.29, 0.717) is 0 Å². The van der Waals surface area contributed by atoms with E-state index in [1.165, 1.54) is 70.6 Å². The van der Waals surface area contributed by atoms with Gasteiger partial charge in [-0.25, -0.2) is 0 Å². The minimum Gasteiger partial charge on any atom is -0.494 e. The highest BCUT2D eigenvalue weighted by Gasteiger charge is 1.99. The summed E-state index contributed by atoms with van der Waals surface area (Å²) in [6.07, 6.45) is 16.3. The predicted octanol–water partition coefficient (Wildman–Crippen LogP) is 6.97. The zero-order valence-electron chi connectivity index (χ0n) is 15.8. The Morgan fingerprint density at radius 1 is 0.750 bits per heavy atom. The first kappa shape index (κ1) is 20.7. The number of carbonyl (C=O) groups is 1. The van der Waals surface area contributed by atoms with Gasteiger partial charge in [-0.3, -0.25) is 4.79 Å². The van der Waals surface area contributed by atoms with Crippen LogP contribution in [0.3, 0.4) is 0 Å². The third kappa shape index (κ3) is 10.5. The van der Waals surface area contributed by atoms with Gasteiger partial charge in [-0.15, -0.1) is 0 Å². The lowest BCUT2D eigenvalue weighted by molar-refractivity contribution is 0.101. The van der Waals surface area contributed by atoms with E-state index >= 15 is 0 Å². The lowest BCUT2D eigenvalue weighted by Gasteiger charge is -2.06. The molecule has 0 aliphatic heterocycles. The van der Waals surface area contributed by atoms with E-state index in [9.17, 15) is 4.79 Å². The lowest BCUT2D eigenvalue weighted by atomic mass is 10.1. The number of benzene rings is 1. The van der Waals surface area contributed by atoms with Crippen molar-refractivity contribution in [3.63, 3.8) is 0 Å². The predicted molar refractivity (Wildman–Crippen MR) is 103 cm³/mol.